The van der Waals surface area contributed by atoms with Gasteiger partial charge in [0.25, 0.3) is 5.69 Å². The zero-order chi connectivity index (χ0) is 22.1. The van der Waals surface area contributed by atoms with Crippen molar-refractivity contribution in [3.8, 4) is 5.75 Å². The van der Waals surface area contributed by atoms with Crippen molar-refractivity contribution in [2.75, 3.05) is 37.8 Å². The summed E-state index contributed by atoms with van der Waals surface area (Å²) in [6.07, 6.45) is 1.00. The van der Waals surface area contributed by atoms with Gasteiger partial charge in [-0.1, -0.05) is 6.07 Å². The molecule has 2 N–H and O–H groups in total. The maximum absolute atomic E-state index is 14.1. The van der Waals surface area contributed by atoms with Gasteiger partial charge in [0.05, 0.1) is 24.3 Å². The number of nitrogens with zero attached hydrogens (tertiary/aromatic N) is 3. The van der Waals surface area contributed by atoms with Crippen LogP contribution in [0.4, 0.5) is 33.2 Å². The van der Waals surface area contributed by atoms with E-state index in [0.29, 0.717) is 30.3 Å². The number of nitrogens with one attached hydrogen (secondary N) is 2. The highest BCUT2D eigenvalue weighted by Crippen LogP contribution is 2.24. The van der Waals surface area contributed by atoms with Crippen LogP contribution in [0.1, 0.15) is 0 Å². The summed E-state index contributed by atoms with van der Waals surface area (Å²) in [7, 11) is 1.59. The van der Waals surface area contributed by atoms with Crippen LogP contribution in [0.25, 0.3) is 0 Å². The number of hydrogen-bond acceptors (Lipinski definition) is 9. The smallest absolute Gasteiger partial charge is 0.271 e. The van der Waals surface area contributed by atoms with Crippen LogP contribution in [0.5, 0.6) is 5.75 Å². The van der Waals surface area contributed by atoms with Crippen LogP contribution < -0.4 is 15.4 Å². The van der Waals surface area contributed by atoms with E-state index in [4.69, 9.17) is 14.2 Å². The minimum atomic E-state index is -0.700. The molecule has 1 aromatic heterocycles. The Kier molecular flexibility index (Phi) is 7.62. The molecule has 0 unspecified atom stereocenters. The molecule has 0 spiro atoms. The average molecular weight is 429 g/mol. The number of non-ortho nitro benzene ring substituents is 1. The Morgan fingerprint density at radius 3 is 2.65 bits per heavy atom. The minimum Gasteiger partial charge on any atom is -0.468 e. The van der Waals surface area contributed by atoms with Gasteiger partial charge in [0.15, 0.2) is 18.4 Å². The molecule has 162 valence electrons. The number of aromatic nitrogens is 2. The second-order valence-corrected chi connectivity index (χ2v) is 6.14. The van der Waals surface area contributed by atoms with Gasteiger partial charge in [-0.25, -0.2) is 9.37 Å². The van der Waals surface area contributed by atoms with Gasteiger partial charge in [-0.15, -0.1) is 0 Å². The van der Waals surface area contributed by atoms with Crippen molar-refractivity contribution in [1.82, 2.24) is 9.97 Å². The number of anilines is 4. The molecule has 0 bridgehead atoms. The molecule has 3 aromatic rings. The largest absolute Gasteiger partial charge is 0.468 e. The first-order valence-corrected chi connectivity index (χ1v) is 9.16. The number of nitro groups is 1. The SMILES string of the molecule is COCCOCOc1ccc(Nc2ncc(F)c(Nc3cccc([N+](=O)[O-])c3)n2)cc1. The molecule has 10 nitrogen and oxygen atoms in total. The van der Waals surface area contributed by atoms with Gasteiger partial charge < -0.3 is 24.8 Å². The summed E-state index contributed by atoms with van der Waals surface area (Å²) in [5.41, 5.74) is 0.858. The van der Waals surface area contributed by atoms with Gasteiger partial charge in [0.1, 0.15) is 5.75 Å². The molecule has 0 aliphatic rings. The van der Waals surface area contributed by atoms with Gasteiger partial charge >= 0.3 is 0 Å². The minimum absolute atomic E-state index is 0.101. The molecule has 0 atom stereocenters. The summed E-state index contributed by atoms with van der Waals surface area (Å²) < 4.78 is 29.7. The van der Waals surface area contributed by atoms with Crippen molar-refractivity contribution in [2.24, 2.45) is 0 Å². The van der Waals surface area contributed by atoms with E-state index in [1.54, 1.807) is 37.4 Å². The standard InChI is InChI=1S/C20H20FN5O5/c1-29-9-10-30-13-31-17-7-5-14(6-8-17)24-20-22-12-18(21)19(25-20)23-15-3-2-4-16(11-15)26(27)28/h2-8,11-12H,9-10,13H2,1H3,(H2,22,23,24,25). The number of halogens is 1. The Bertz CT molecular complexity index is 1020. The molecule has 0 saturated heterocycles. The van der Waals surface area contributed by atoms with Gasteiger partial charge in [-0.3, -0.25) is 10.1 Å². The lowest BCUT2D eigenvalue weighted by molar-refractivity contribution is -0.384. The van der Waals surface area contributed by atoms with E-state index in [0.717, 1.165) is 6.20 Å². The van der Waals surface area contributed by atoms with E-state index in [9.17, 15) is 14.5 Å². The summed E-state index contributed by atoms with van der Waals surface area (Å²) in [5, 5.41) is 16.6. The van der Waals surface area contributed by atoms with Crippen molar-refractivity contribution in [2.45, 2.75) is 0 Å². The molecule has 0 radical (unpaired) electrons. The van der Waals surface area contributed by atoms with E-state index < -0.39 is 10.7 Å². The molecule has 2 aromatic carbocycles. The first-order chi connectivity index (χ1) is 15.0. The third-order valence-corrected chi connectivity index (χ3v) is 3.91. The number of benzene rings is 2. The zero-order valence-electron chi connectivity index (χ0n) is 16.6. The molecule has 3 rings (SSSR count). The first-order valence-electron chi connectivity index (χ1n) is 9.16. The Morgan fingerprint density at radius 1 is 1.10 bits per heavy atom. The molecular formula is C20H20FN5O5. The second kappa shape index (κ2) is 10.8. The fourth-order valence-electron chi connectivity index (χ4n) is 2.42. The van der Waals surface area contributed by atoms with Gasteiger partial charge in [-0.05, 0) is 30.3 Å². The lowest BCUT2D eigenvalue weighted by atomic mass is 10.3. The number of ether oxygens (including phenoxy) is 3. The predicted octanol–water partition coefficient (Wildman–Crippen LogP) is 4.01. The number of methoxy groups -OCH3 is 1. The molecule has 0 saturated carbocycles. The zero-order valence-corrected chi connectivity index (χ0v) is 16.6. The highest BCUT2D eigenvalue weighted by atomic mass is 19.1. The summed E-state index contributed by atoms with van der Waals surface area (Å²) in [4.78, 5) is 18.4. The molecule has 1 heterocycles. The molecular weight excluding hydrogens is 409 g/mol. The van der Waals surface area contributed by atoms with Crippen molar-refractivity contribution < 1.29 is 23.5 Å². The summed E-state index contributed by atoms with van der Waals surface area (Å²) in [6.45, 7) is 1.02. The number of hydrogen-bond donors (Lipinski definition) is 2. The highest BCUT2D eigenvalue weighted by molar-refractivity contribution is 5.62. The highest BCUT2D eigenvalue weighted by Gasteiger charge is 2.11. The first kappa shape index (κ1) is 21.9. The van der Waals surface area contributed by atoms with Crippen LogP contribution in [0, 0.1) is 15.9 Å². The maximum Gasteiger partial charge on any atom is 0.271 e. The van der Waals surface area contributed by atoms with Crippen LogP contribution >= 0.6 is 0 Å². The molecule has 31 heavy (non-hydrogen) atoms. The van der Waals surface area contributed by atoms with Gasteiger partial charge in [0.2, 0.25) is 5.95 Å². The van der Waals surface area contributed by atoms with E-state index in [2.05, 4.69) is 20.6 Å². The number of nitro benzene ring substituents is 1. The van der Waals surface area contributed by atoms with Crippen molar-refractivity contribution in [3.63, 3.8) is 0 Å². The normalized spacial score (nSPS) is 10.5. The average Bonchev–Trinajstić information content (AvgIpc) is 2.77. The Hall–Kier alpha value is -3.83. The Labute approximate surface area is 177 Å². The lowest BCUT2D eigenvalue weighted by Crippen LogP contribution is -2.07. The van der Waals surface area contributed by atoms with Gasteiger partial charge in [0, 0.05) is 30.6 Å². The molecule has 0 aliphatic carbocycles. The summed E-state index contributed by atoms with van der Waals surface area (Å²) >= 11 is 0. The van der Waals surface area contributed by atoms with Crippen molar-refractivity contribution >= 4 is 28.8 Å². The monoisotopic (exact) mass is 429 g/mol. The van der Waals surface area contributed by atoms with Crippen LogP contribution in [0.15, 0.2) is 54.7 Å². The fraction of sp³-hybridized carbons (Fsp3) is 0.200. The van der Waals surface area contributed by atoms with E-state index in [-0.39, 0.29) is 24.2 Å². The fourth-order valence-corrected chi connectivity index (χ4v) is 2.42. The second-order valence-electron chi connectivity index (χ2n) is 6.14. The summed E-state index contributed by atoms with van der Waals surface area (Å²) in [6, 6.07) is 12.6. The third-order valence-electron chi connectivity index (χ3n) is 3.91. The van der Waals surface area contributed by atoms with E-state index >= 15 is 0 Å². The number of rotatable bonds is 11. The van der Waals surface area contributed by atoms with Gasteiger partial charge in [-0.2, -0.15) is 4.98 Å². The Balaban J connectivity index is 1.62. The maximum atomic E-state index is 14.1. The van der Waals surface area contributed by atoms with E-state index in [1.165, 1.54) is 18.2 Å². The Morgan fingerprint density at radius 2 is 1.90 bits per heavy atom. The van der Waals surface area contributed by atoms with E-state index in [1.807, 2.05) is 0 Å². The van der Waals surface area contributed by atoms with Crippen molar-refractivity contribution in [1.29, 1.82) is 0 Å². The van der Waals surface area contributed by atoms with Crippen molar-refractivity contribution in [3.05, 3.63) is 70.7 Å². The van der Waals surface area contributed by atoms with Crippen LogP contribution in [-0.4, -0.2) is 42.0 Å². The third kappa shape index (κ3) is 6.59. The van der Waals surface area contributed by atoms with Crippen LogP contribution in [-0.2, 0) is 9.47 Å². The lowest BCUT2D eigenvalue weighted by Gasteiger charge is -2.10. The quantitative estimate of drug-likeness (QED) is 0.201. The molecule has 0 fully saturated rings. The van der Waals surface area contributed by atoms with Crippen LogP contribution in [0.2, 0.25) is 0 Å². The molecule has 11 heteroatoms. The molecule has 0 aliphatic heterocycles. The summed E-state index contributed by atoms with van der Waals surface area (Å²) in [5.74, 6) is -0.0673. The molecule has 0 amide bonds. The topological polar surface area (TPSA) is 121 Å². The predicted molar refractivity (Wildman–Crippen MR) is 111 cm³/mol. The van der Waals surface area contributed by atoms with Crippen LogP contribution in [0.3, 0.4) is 0 Å².